The summed E-state index contributed by atoms with van der Waals surface area (Å²) >= 11 is 0. The number of carbonyl (C=O) groups is 1. The summed E-state index contributed by atoms with van der Waals surface area (Å²) in [6, 6.07) is 9.95. The summed E-state index contributed by atoms with van der Waals surface area (Å²) in [5.74, 6) is -0.116. The third-order valence-corrected chi connectivity index (χ3v) is 6.14. The first-order chi connectivity index (χ1) is 14.9. The van der Waals surface area contributed by atoms with Gasteiger partial charge in [0.1, 0.15) is 18.7 Å². The molecule has 0 unspecified atom stereocenters. The number of fused-ring (bicyclic) bond motifs is 1. The molecule has 0 aliphatic heterocycles. The van der Waals surface area contributed by atoms with Crippen LogP contribution in [0.15, 0.2) is 36.5 Å². The minimum absolute atomic E-state index is 0.116. The van der Waals surface area contributed by atoms with E-state index < -0.39 is 6.10 Å². The van der Waals surface area contributed by atoms with Gasteiger partial charge in [-0.1, -0.05) is 65.0 Å². The Morgan fingerprint density at radius 1 is 1.31 bits per heavy atom. The van der Waals surface area contributed by atoms with Gasteiger partial charge in [-0.15, -0.1) is 0 Å². The fourth-order valence-electron chi connectivity index (χ4n) is 4.81. The van der Waals surface area contributed by atoms with Crippen LogP contribution in [-0.4, -0.2) is 39.5 Å². The maximum atomic E-state index is 11.8. The second-order valence-corrected chi connectivity index (χ2v) is 11.5. The second kappa shape index (κ2) is 9.75. The molecular weight excluding hydrogens is 400 g/mol. The Kier molecular flexibility index (Phi) is 7.46. The molecule has 6 heteroatoms. The number of aliphatic hydroxyl groups is 1. The van der Waals surface area contributed by atoms with Crippen LogP contribution in [0.1, 0.15) is 70.8 Å². The summed E-state index contributed by atoms with van der Waals surface area (Å²) in [7, 11) is 0. The third-order valence-electron chi connectivity index (χ3n) is 6.14. The minimum Gasteiger partial charge on any atom is -0.385 e. The normalized spacial score (nSPS) is 19.8. The van der Waals surface area contributed by atoms with E-state index >= 15 is 0 Å². The minimum atomic E-state index is -0.641. The maximum Gasteiger partial charge on any atom is 0.217 e. The molecule has 1 aromatic carbocycles. The van der Waals surface area contributed by atoms with E-state index in [0.717, 1.165) is 24.9 Å². The molecule has 6 nitrogen and oxygen atoms in total. The lowest BCUT2D eigenvalue weighted by Gasteiger charge is -2.33. The van der Waals surface area contributed by atoms with E-state index in [9.17, 15) is 9.90 Å². The number of nitrogens with one attached hydrogen (secondary N) is 1. The van der Waals surface area contributed by atoms with Gasteiger partial charge in [-0.05, 0) is 29.2 Å². The maximum absolute atomic E-state index is 11.8. The van der Waals surface area contributed by atoms with Gasteiger partial charge in [0.05, 0.1) is 17.3 Å². The van der Waals surface area contributed by atoms with Crippen molar-refractivity contribution in [3.8, 4) is 0 Å². The van der Waals surface area contributed by atoms with Gasteiger partial charge in [0.15, 0.2) is 0 Å². The Hall–Kier alpha value is -2.18. The molecule has 0 spiro atoms. The molecule has 4 N–H and O–H groups in total. The van der Waals surface area contributed by atoms with Crippen molar-refractivity contribution in [1.29, 1.82) is 0 Å². The number of amides is 1. The summed E-state index contributed by atoms with van der Waals surface area (Å²) < 4.78 is 2.10. The van der Waals surface area contributed by atoms with Gasteiger partial charge in [0.25, 0.3) is 0 Å². The number of benzene rings is 1. The zero-order valence-electron chi connectivity index (χ0n) is 20.6. The highest BCUT2D eigenvalue weighted by molar-refractivity contribution is 5.73. The van der Waals surface area contributed by atoms with Crippen LogP contribution in [0.4, 0.5) is 0 Å². The molecule has 1 heterocycles. The van der Waals surface area contributed by atoms with Gasteiger partial charge in [-0.25, -0.2) is 0 Å². The molecule has 0 fully saturated rings. The van der Waals surface area contributed by atoms with E-state index in [1.807, 2.05) is 30.3 Å². The van der Waals surface area contributed by atoms with Crippen LogP contribution in [0.2, 0.25) is 0 Å². The summed E-state index contributed by atoms with van der Waals surface area (Å²) in [6.45, 7) is 14.2. The first-order valence-corrected chi connectivity index (χ1v) is 11.8. The van der Waals surface area contributed by atoms with Crippen LogP contribution in [-0.2, 0) is 24.2 Å². The molecule has 0 saturated carbocycles. The number of rotatable bonds is 8. The largest absolute Gasteiger partial charge is 0.385 e. The predicted octanol–water partition coefficient (Wildman–Crippen LogP) is 2.61. The van der Waals surface area contributed by atoms with Crippen molar-refractivity contribution < 1.29 is 15.2 Å². The van der Waals surface area contributed by atoms with Crippen molar-refractivity contribution in [2.75, 3.05) is 6.54 Å². The fraction of sp³-hybridized carbons (Fsp3) is 0.615. The van der Waals surface area contributed by atoms with Crippen LogP contribution >= 0.6 is 0 Å². The zero-order chi connectivity index (χ0) is 23.5. The Morgan fingerprint density at radius 2 is 2.00 bits per heavy atom. The first-order valence-electron chi connectivity index (χ1n) is 11.8. The highest BCUT2D eigenvalue weighted by Gasteiger charge is 2.37. The van der Waals surface area contributed by atoms with Crippen LogP contribution in [0.3, 0.4) is 0 Å². The SMILES string of the molecule is CC(=O)N[C@@H](Cc1ccccc1)[C@H](O)C[NH2+][C@H]1CC(C)(C)Cc2nn(CC(C)(C)C)cc21. The Morgan fingerprint density at radius 3 is 2.62 bits per heavy atom. The molecule has 32 heavy (non-hydrogen) atoms. The molecule has 1 aliphatic carbocycles. The molecule has 2 aromatic rings. The van der Waals surface area contributed by atoms with Crippen LogP contribution in [0, 0.1) is 10.8 Å². The van der Waals surface area contributed by atoms with Gasteiger partial charge < -0.3 is 15.7 Å². The number of aromatic nitrogens is 2. The standard InChI is InChI=1S/C26H40N4O2/c1-18(31)28-21(12-19-10-8-7-9-11-19)24(32)15-27-22-13-26(5,6)14-23-20(22)16-30(29-23)17-25(2,3)4/h7-11,16,21-22,24,27,32H,12-15,17H2,1-6H3,(H,28,31)/p+1/t21-,22-,24+/m0/s1. The summed E-state index contributed by atoms with van der Waals surface area (Å²) in [5, 5.41) is 21.1. The Bertz CT molecular complexity index is 898. The lowest BCUT2D eigenvalue weighted by Crippen LogP contribution is -2.88. The molecule has 1 amide bonds. The van der Waals surface area contributed by atoms with Gasteiger partial charge in [-0.3, -0.25) is 9.48 Å². The van der Waals surface area contributed by atoms with Crippen molar-refractivity contribution in [2.24, 2.45) is 10.8 Å². The van der Waals surface area contributed by atoms with Gasteiger partial charge in [0, 0.05) is 26.1 Å². The van der Waals surface area contributed by atoms with Gasteiger partial charge >= 0.3 is 0 Å². The molecule has 1 aromatic heterocycles. The lowest BCUT2D eigenvalue weighted by atomic mass is 9.74. The highest BCUT2D eigenvalue weighted by atomic mass is 16.3. The van der Waals surface area contributed by atoms with Crippen LogP contribution < -0.4 is 10.6 Å². The summed E-state index contributed by atoms with van der Waals surface area (Å²) in [6.07, 6.45) is 4.20. The van der Waals surface area contributed by atoms with Crippen molar-refractivity contribution in [1.82, 2.24) is 15.1 Å². The topological polar surface area (TPSA) is 83.8 Å². The quantitative estimate of drug-likeness (QED) is 0.589. The first kappa shape index (κ1) is 24.5. The monoisotopic (exact) mass is 441 g/mol. The van der Waals surface area contributed by atoms with Crippen molar-refractivity contribution in [3.05, 3.63) is 53.3 Å². The average Bonchev–Trinajstić information content (AvgIpc) is 3.04. The van der Waals surface area contributed by atoms with E-state index in [1.165, 1.54) is 18.2 Å². The van der Waals surface area contributed by atoms with Gasteiger partial charge in [-0.2, -0.15) is 5.10 Å². The number of nitrogens with two attached hydrogens (primary N) is 1. The van der Waals surface area contributed by atoms with Crippen LogP contribution in [0.5, 0.6) is 0 Å². The molecule has 0 radical (unpaired) electrons. The molecule has 1 aliphatic rings. The number of aliphatic hydroxyl groups excluding tert-OH is 1. The molecule has 0 bridgehead atoms. The van der Waals surface area contributed by atoms with Crippen molar-refractivity contribution in [2.45, 2.75) is 85.5 Å². The number of hydrogen-bond acceptors (Lipinski definition) is 3. The van der Waals surface area contributed by atoms with Gasteiger partial charge in [0.2, 0.25) is 5.91 Å². The van der Waals surface area contributed by atoms with E-state index in [4.69, 9.17) is 5.10 Å². The van der Waals surface area contributed by atoms with E-state index in [0.29, 0.717) is 13.0 Å². The number of nitrogens with zero attached hydrogens (tertiary/aromatic N) is 2. The Labute approximate surface area is 192 Å². The Balaban J connectivity index is 1.72. The number of hydrogen-bond donors (Lipinski definition) is 3. The van der Waals surface area contributed by atoms with E-state index in [2.05, 4.69) is 56.1 Å². The molecular formula is C26H41N4O2+. The van der Waals surface area contributed by atoms with Crippen molar-refractivity contribution in [3.63, 3.8) is 0 Å². The van der Waals surface area contributed by atoms with E-state index in [-0.39, 0.29) is 28.8 Å². The third kappa shape index (κ3) is 6.91. The predicted molar refractivity (Wildman–Crippen MR) is 127 cm³/mol. The highest BCUT2D eigenvalue weighted by Crippen LogP contribution is 2.38. The second-order valence-electron chi connectivity index (χ2n) is 11.5. The summed E-state index contributed by atoms with van der Waals surface area (Å²) in [5.41, 5.74) is 3.92. The van der Waals surface area contributed by atoms with Crippen LogP contribution in [0.25, 0.3) is 0 Å². The van der Waals surface area contributed by atoms with Crippen molar-refractivity contribution >= 4 is 5.91 Å². The lowest BCUT2D eigenvalue weighted by molar-refractivity contribution is -0.704. The smallest absolute Gasteiger partial charge is 0.217 e. The molecule has 3 atom stereocenters. The fourth-order valence-corrected chi connectivity index (χ4v) is 4.81. The molecule has 176 valence electrons. The number of carbonyl (C=O) groups excluding carboxylic acids is 1. The zero-order valence-corrected chi connectivity index (χ0v) is 20.6. The summed E-state index contributed by atoms with van der Waals surface area (Å²) in [4.78, 5) is 11.8. The average molecular weight is 442 g/mol. The van der Waals surface area contributed by atoms with E-state index in [1.54, 1.807) is 0 Å². The molecule has 3 rings (SSSR count). The molecule has 0 saturated heterocycles. The number of quaternary nitrogens is 1.